The molecule has 0 aromatic heterocycles. The molecule has 5 heteroatoms. The second-order valence-electron chi connectivity index (χ2n) is 7.36. The lowest BCUT2D eigenvalue weighted by atomic mass is 9.87. The quantitative estimate of drug-likeness (QED) is 0.844. The summed E-state index contributed by atoms with van der Waals surface area (Å²) >= 11 is 0. The molecule has 142 valence electrons. The van der Waals surface area contributed by atoms with Crippen molar-refractivity contribution in [2.45, 2.75) is 45.2 Å². The lowest BCUT2D eigenvalue weighted by molar-refractivity contribution is -0.124. The number of carbonyl (C=O) groups is 2. The van der Waals surface area contributed by atoms with Gasteiger partial charge in [0.1, 0.15) is 11.9 Å². The summed E-state index contributed by atoms with van der Waals surface area (Å²) in [6, 6.07) is 12.9. The van der Waals surface area contributed by atoms with E-state index < -0.39 is 17.8 Å². The van der Waals surface area contributed by atoms with Crippen molar-refractivity contribution < 1.29 is 14.0 Å². The van der Waals surface area contributed by atoms with Gasteiger partial charge >= 0.3 is 0 Å². The first-order valence-electron chi connectivity index (χ1n) is 9.40. The molecule has 1 aliphatic carbocycles. The first-order valence-corrected chi connectivity index (χ1v) is 9.40. The van der Waals surface area contributed by atoms with Crippen LogP contribution in [0.25, 0.3) is 0 Å². The van der Waals surface area contributed by atoms with Crippen LogP contribution >= 0.6 is 0 Å². The van der Waals surface area contributed by atoms with E-state index in [1.165, 1.54) is 29.8 Å². The summed E-state index contributed by atoms with van der Waals surface area (Å²) in [5.41, 5.74) is 2.62. The van der Waals surface area contributed by atoms with Gasteiger partial charge in [0, 0.05) is 5.56 Å². The van der Waals surface area contributed by atoms with Gasteiger partial charge in [-0.25, -0.2) is 4.39 Å². The van der Waals surface area contributed by atoms with Gasteiger partial charge in [-0.15, -0.1) is 0 Å². The molecule has 0 saturated carbocycles. The number of halogens is 1. The van der Waals surface area contributed by atoms with Gasteiger partial charge in [-0.1, -0.05) is 44.2 Å². The highest BCUT2D eigenvalue weighted by Gasteiger charge is 2.28. The molecule has 2 amide bonds. The number of nitrogens with one attached hydrogen (secondary N) is 2. The summed E-state index contributed by atoms with van der Waals surface area (Å²) in [5.74, 6) is -1.24. The van der Waals surface area contributed by atoms with Crippen molar-refractivity contribution in [3.63, 3.8) is 0 Å². The van der Waals surface area contributed by atoms with E-state index in [-0.39, 0.29) is 23.4 Å². The Labute approximate surface area is 159 Å². The van der Waals surface area contributed by atoms with Gasteiger partial charge in [0.25, 0.3) is 5.91 Å². The van der Waals surface area contributed by atoms with Crippen LogP contribution in [0, 0.1) is 11.7 Å². The van der Waals surface area contributed by atoms with Crippen molar-refractivity contribution in [1.82, 2.24) is 10.6 Å². The normalized spacial score (nSPS) is 17.1. The summed E-state index contributed by atoms with van der Waals surface area (Å²) < 4.78 is 13.4. The number of aryl methyl sites for hydroxylation is 1. The monoisotopic (exact) mass is 368 g/mol. The fraction of sp³-hybridized carbons (Fsp3) is 0.364. The van der Waals surface area contributed by atoms with E-state index in [1.54, 1.807) is 0 Å². The minimum absolute atomic E-state index is 0.0465. The molecule has 0 heterocycles. The van der Waals surface area contributed by atoms with Gasteiger partial charge in [0.15, 0.2) is 0 Å². The Morgan fingerprint density at radius 1 is 1.11 bits per heavy atom. The molecular formula is C22H25FN2O2. The van der Waals surface area contributed by atoms with E-state index in [0.717, 1.165) is 24.8 Å². The van der Waals surface area contributed by atoms with Crippen LogP contribution in [0.1, 0.15) is 54.2 Å². The molecule has 0 radical (unpaired) electrons. The molecule has 0 aliphatic heterocycles. The summed E-state index contributed by atoms with van der Waals surface area (Å²) in [7, 11) is 0. The Bertz CT molecular complexity index is 835. The molecule has 4 nitrogen and oxygen atoms in total. The Morgan fingerprint density at radius 2 is 1.89 bits per heavy atom. The molecule has 2 aromatic carbocycles. The van der Waals surface area contributed by atoms with Gasteiger partial charge < -0.3 is 10.6 Å². The third-order valence-electron chi connectivity index (χ3n) is 5.01. The second-order valence-corrected chi connectivity index (χ2v) is 7.36. The van der Waals surface area contributed by atoms with E-state index in [9.17, 15) is 14.0 Å². The highest BCUT2D eigenvalue weighted by Crippen LogP contribution is 2.29. The van der Waals surface area contributed by atoms with Gasteiger partial charge in [0.2, 0.25) is 5.91 Å². The topological polar surface area (TPSA) is 58.2 Å². The number of benzene rings is 2. The van der Waals surface area contributed by atoms with Crippen molar-refractivity contribution >= 4 is 11.8 Å². The average Bonchev–Trinajstić information content (AvgIpc) is 2.66. The highest BCUT2D eigenvalue weighted by molar-refractivity contribution is 5.97. The third kappa shape index (κ3) is 4.54. The van der Waals surface area contributed by atoms with Crippen LogP contribution < -0.4 is 10.6 Å². The molecule has 0 saturated heterocycles. The summed E-state index contributed by atoms with van der Waals surface area (Å²) in [6.45, 7) is 3.76. The van der Waals surface area contributed by atoms with Crippen molar-refractivity contribution in [3.8, 4) is 0 Å². The summed E-state index contributed by atoms with van der Waals surface area (Å²) in [4.78, 5) is 25.3. The Kier molecular flexibility index (Phi) is 5.89. The zero-order valence-electron chi connectivity index (χ0n) is 15.7. The van der Waals surface area contributed by atoms with Crippen molar-refractivity contribution in [2.75, 3.05) is 0 Å². The SMILES string of the molecule is CC(C)C(NC(=O)c1cccc(F)c1)C(=O)NC1CCCc2ccccc21. The van der Waals surface area contributed by atoms with Crippen LogP contribution in [-0.4, -0.2) is 17.9 Å². The van der Waals surface area contributed by atoms with Gasteiger partial charge in [0.05, 0.1) is 6.04 Å². The molecule has 2 aromatic rings. The van der Waals surface area contributed by atoms with Crippen LogP contribution in [0.3, 0.4) is 0 Å². The molecule has 0 bridgehead atoms. The number of amides is 2. The fourth-order valence-corrected chi connectivity index (χ4v) is 3.55. The highest BCUT2D eigenvalue weighted by atomic mass is 19.1. The number of hydrogen-bond donors (Lipinski definition) is 2. The lowest BCUT2D eigenvalue weighted by Crippen LogP contribution is -2.50. The van der Waals surface area contributed by atoms with Crippen LogP contribution in [0.2, 0.25) is 0 Å². The molecule has 2 N–H and O–H groups in total. The maximum atomic E-state index is 13.4. The number of rotatable bonds is 5. The number of hydrogen-bond acceptors (Lipinski definition) is 2. The Morgan fingerprint density at radius 3 is 2.63 bits per heavy atom. The van der Waals surface area contributed by atoms with Gasteiger partial charge in [-0.3, -0.25) is 9.59 Å². The molecule has 27 heavy (non-hydrogen) atoms. The summed E-state index contributed by atoms with van der Waals surface area (Å²) in [5, 5.41) is 5.85. The van der Waals surface area contributed by atoms with E-state index in [1.807, 2.05) is 26.0 Å². The van der Waals surface area contributed by atoms with E-state index in [0.29, 0.717) is 0 Å². The van der Waals surface area contributed by atoms with E-state index in [4.69, 9.17) is 0 Å². The molecule has 1 aliphatic rings. The standard InChI is InChI=1S/C22H25FN2O2/c1-14(2)20(25-21(26)16-9-5-10-17(23)13-16)22(27)24-19-12-6-8-15-7-3-4-11-18(15)19/h3-5,7,9-11,13-14,19-20H,6,8,12H2,1-2H3,(H,24,27)(H,25,26). The predicted octanol–water partition coefficient (Wildman–Crippen LogP) is 3.77. The molecule has 2 atom stereocenters. The minimum atomic E-state index is -0.685. The maximum Gasteiger partial charge on any atom is 0.252 e. The second kappa shape index (κ2) is 8.33. The van der Waals surface area contributed by atoms with Crippen molar-refractivity contribution in [1.29, 1.82) is 0 Å². The largest absolute Gasteiger partial charge is 0.347 e. The maximum absolute atomic E-state index is 13.4. The van der Waals surface area contributed by atoms with Crippen molar-refractivity contribution in [3.05, 3.63) is 71.0 Å². The number of fused-ring (bicyclic) bond motifs is 1. The molecule has 0 fully saturated rings. The first-order chi connectivity index (χ1) is 13.0. The lowest BCUT2D eigenvalue weighted by Gasteiger charge is -2.29. The Balaban J connectivity index is 1.72. The zero-order valence-corrected chi connectivity index (χ0v) is 15.7. The average molecular weight is 368 g/mol. The van der Waals surface area contributed by atoms with E-state index >= 15 is 0 Å². The Hall–Kier alpha value is -2.69. The molecule has 2 unspecified atom stereocenters. The predicted molar refractivity (Wildman–Crippen MR) is 103 cm³/mol. The molecule has 3 rings (SSSR count). The third-order valence-corrected chi connectivity index (χ3v) is 5.01. The minimum Gasteiger partial charge on any atom is -0.347 e. The van der Waals surface area contributed by atoms with Gasteiger partial charge in [-0.2, -0.15) is 0 Å². The van der Waals surface area contributed by atoms with E-state index in [2.05, 4.69) is 22.8 Å². The van der Waals surface area contributed by atoms with Crippen LogP contribution in [0.4, 0.5) is 4.39 Å². The molecular weight excluding hydrogens is 343 g/mol. The molecule has 0 spiro atoms. The fourth-order valence-electron chi connectivity index (χ4n) is 3.55. The van der Waals surface area contributed by atoms with Crippen LogP contribution in [-0.2, 0) is 11.2 Å². The smallest absolute Gasteiger partial charge is 0.252 e. The van der Waals surface area contributed by atoms with Crippen LogP contribution in [0.15, 0.2) is 48.5 Å². The summed E-state index contributed by atoms with van der Waals surface area (Å²) in [6.07, 6.45) is 2.92. The zero-order chi connectivity index (χ0) is 19.4. The number of carbonyl (C=O) groups excluding carboxylic acids is 2. The van der Waals surface area contributed by atoms with Crippen LogP contribution in [0.5, 0.6) is 0 Å². The van der Waals surface area contributed by atoms with Crippen molar-refractivity contribution in [2.24, 2.45) is 5.92 Å². The first kappa shape index (κ1) is 19.1. The van der Waals surface area contributed by atoms with Gasteiger partial charge in [-0.05, 0) is 54.5 Å².